The van der Waals surface area contributed by atoms with Gasteiger partial charge in [-0.1, -0.05) is 24.3 Å². The summed E-state index contributed by atoms with van der Waals surface area (Å²) in [5.74, 6) is 1.15. The van der Waals surface area contributed by atoms with Gasteiger partial charge < -0.3 is 9.64 Å². The lowest BCUT2D eigenvalue weighted by molar-refractivity contribution is -0.131. The van der Waals surface area contributed by atoms with Gasteiger partial charge in [-0.15, -0.1) is 0 Å². The first-order chi connectivity index (χ1) is 13.5. The highest BCUT2D eigenvalue weighted by atomic mass is 16.5. The van der Waals surface area contributed by atoms with Crippen molar-refractivity contribution >= 4 is 5.91 Å². The number of carbonyl (C=O) groups is 1. The highest BCUT2D eigenvalue weighted by Crippen LogP contribution is 2.39. The molecule has 4 rings (SSSR count). The first kappa shape index (κ1) is 18.9. The number of rotatable bonds is 3. The normalized spacial score (nSPS) is 24.9. The average molecular weight is 380 g/mol. The van der Waals surface area contributed by atoms with Crippen LogP contribution < -0.4 is 4.74 Å². The van der Waals surface area contributed by atoms with Crippen LogP contribution in [0.15, 0.2) is 48.8 Å². The molecule has 0 N–H and O–H groups in total. The Morgan fingerprint density at radius 3 is 2.75 bits per heavy atom. The molecule has 1 spiro atoms. The fraction of sp³-hybridized carbons (Fsp3) is 0.478. The largest absolute Gasteiger partial charge is 0.486 e. The highest BCUT2D eigenvalue weighted by molar-refractivity contribution is 5.73. The maximum absolute atomic E-state index is 11.8. The fourth-order valence-corrected chi connectivity index (χ4v) is 4.60. The number of ether oxygens (including phenoxy) is 1. The summed E-state index contributed by atoms with van der Waals surface area (Å²) >= 11 is 0. The van der Waals surface area contributed by atoms with Crippen molar-refractivity contribution < 1.29 is 9.53 Å². The lowest BCUT2D eigenvalue weighted by Gasteiger charge is -2.43. The lowest BCUT2D eigenvalue weighted by Crippen LogP contribution is -2.51. The molecule has 2 aliphatic rings. The molecule has 1 saturated carbocycles. The number of benzene rings is 1. The number of para-hydroxylation sites is 1. The van der Waals surface area contributed by atoms with Gasteiger partial charge in [0.15, 0.2) is 0 Å². The minimum atomic E-state index is -0.192. The van der Waals surface area contributed by atoms with Gasteiger partial charge in [0.05, 0.1) is 0 Å². The van der Waals surface area contributed by atoms with Crippen molar-refractivity contribution in [2.75, 3.05) is 13.6 Å². The van der Waals surface area contributed by atoms with Crippen molar-refractivity contribution in [3.63, 3.8) is 0 Å². The summed E-state index contributed by atoms with van der Waals surface area (Å²) in [6.45, 7) is 4.29. The molecule has 0 atom stereocenters. The van der Waals surface area contributed by atoms with E-state index in [1.807, 2.05) is 30.4 Å². The molecule has 0 unspecified atom stereocenters. The summed E-state index contributed by atoms with van der Waals surface area (Å²) in [7, 11) is 1.92. The van der Waals surface area contributed by atoms with Crippen molar-refractivity contribution in [2.45, 2.75) is 57.3 Å². The summed E-state index contributed by atoms with van der Waals surface area (Å²) in [5, 5.41) is 0. The molecule has 1 aromatic heterocycles. The van der Waals surface area contributed by atoms with Crippen LogP contribution in [0, 0.1) is 0 Å². The van der Waals surface area contributed by atoms with Gasteiger partial charge in [-0.2, -0.15) is 0 Å². The lowest BCUT2D eigenvalue weighted by atomic mass is 9.81. The number of hydrogen-bond acceptors (Lipinski definition) is 4. The molecule has 0 radical (unpaired) electrons. The number of carbonyl (C=O) groups excluding carboxylic acids is 1. The van der Waals surface area contributed by atoms with E-state index >= 15 is 0 Å². The molecular formula is C23H29N3O2. The van der Waals surface area contributed by atoms with Crippen LogP contribution >= 0.6 is 0 Å². The summed E-state index contributed by atoms with van der Waals surface area (Å²) < 4.78 is 6.68. The van der Waals surface area contributed by atoms with Gasteiger partial charge in [0, 0.05) is 57.6 Å². The molecule has 5 heteroatoms. The topological polar surface area (TPSA) is 45.7 Å². The van der Waals surface area contributed by atoms with E-state index in [-0.39, 0.29) is 11.5 Å². The monoisotopic (exact) mass is 379 g/mol. The second kappa shape index (κ2) is 7.92. The van der Waals surface area contributed by atoms with Crippen LogP contribution in [0.4, 0.5) is 0 Å². The maximum Gasteiger partial charge on any atom is 0.219 e. The third-order valence-corrected chi connectivity index (χ3v) is 6.24. The second-order valence-electron chi connectivity index (χ2n) is 8.26. The fourth-order valence-electron chi connectivity index (χ4n) is 4.60. The van der Waals surface area contributed by atoms with Crippen LogP contribution in [-0.4, -0.2) is 45.9 Å². The van der Waals surface area contributed by atoms with Crippen LogP contribution in [0.2, 0.25) is 0 Å². The molecule has 2 aromatic rings. The van der Waals surface area contributed by atoms with Crippen molar-refractivity contribution in [2.24, 2.45) is 0 Å². The van der Waals surface area contributed by atoms with E-state index < -0.39 is 0 Å². The van der Waals surface area contributed by atoms with Crippen molar-refractivity contribution in [1.82, 2.24) is 14.8 Å². The quantitative estimate of drug-likeness (QED) is 0.817. The van der Waals surface area contributed by atoms with Crippen LogP contribution in [-0.2, 0) is 17.9 Å². The van der Waals surface area contributed by atoms with Gasteiger partial charge in [-0.05, 0) is 43.4 Å². The molecule has 2 heterocycles. The predicted octanol–water partition coefficient (Wildman–Crippen LogP) is 3.64. The van der Waals surface area contributed by atoms with Crippen LogP contribution in [0.5, 0.6) is 5.75 Å². The minimum Gasteiger partial charge on any atom is -0.486 e. The Kier molecular flexibility index (Phi) is 5.36. The van der Waals surface area contributed by atoms with E-state index in [9.17, 15) is 4.79 Å². The number of amides is 1. The van der Waals surface area contributed by atoms with E-state index in [1.165, 1.54) is 11.1 Å². The number of hydrogen-bond donors (Lipinski definition) is 0. The van der Waals surface area contributed by atoms with Crippen molar-refractivity contribution in [3.8, 4) is 5.75 Å². The van der Waals surface area contributed by atoms with E-state index in [0.717, 1.165) is 51.1 Å². The Balaban J connectivity index is 1.56. The minimum absolute atomic E-state index is 0.145. The SMILES string of the molecule is CC(=O)N(C)C1CCC2(CC1)CN(Cc1cccnc1)Cc1ccccc1O2. The summed E-state index contributed by atoms with van der Waals surface area (Å²) in [5.41, 5.74) is 2.27. The third kappa shape index (κ3) is 4.04. The van der Waals surface area contributed by atoms with Crippen LogP contribution in [0.1, 0.15) is 43.7 Å². The maximum atomic E-state index is 11.8. The number of aromatic nitrogens is 1. The van der Waals surface area contributed by atoms with Gasteiger partial charge >= 0.3 is 0 Å². The Morgan fingerprint density at radius 1 is 1.25 bits per heavy atom. The molecule has 0 saturated heterocycles. The van der Waals surface area contributed by atoms with E-state index in [0.29, 0.717) is 6.04 Å². The molecule has 28 heavy (non-hydrogen) atoms. The number of fused-ring (bicyclic) bond motifs is 1. The number of pyridine rings is 1. The van der Waals surface area contributed by atoms with Crippen molar-refractivity contribution in [1.29, 1.82) is 0 Å². The predicted molar refractivity (Wildman–Crippen MR) is 109 cm³/mol. The Labute approximate surface area is 167 Å². The molecule has 0 bridgehead atoms. The standard InChI is InChI=1S/C23H29N3O2/c1-18(27)25(2)21-9-11-23(12-10-21)17-26(15-19-6-5-13-24-14-19)16-20-7-3-4-8-22(20)28-23/h3-8,13-14,21H,9-12,15-17H2,1-2H3. The molecule has 1 aliphatic carbocycles. The van der Waals surface area contributed by atoms with Gasteiger partial charge in [-0.3, -0.25) is 14.7 Å². The van der Waals surface area contributed by atoms with Crippen LogP contribution in [0.25, 0.3) is 0 Å². The van der Waals surface area contributed by atoms with Gasteiger partial charge in [-0.25, -0.2) is 0 Å². The van der Waals surface area contributed by atoms with Gasteiger partial charge in [0.2, 0.25) is 5.91 Å². The average Bonchev–Trinajstić information content (AvgIpc) is 2.84. The summed E-state index contributed by atoms with van der Waals surface area (Å²) in [4.78, 5) is 20.4. The number of nitrogens with zero attached hydrogens (tertiary/aromatic N) is 3. The second-order valence-corrected chi connectivity index (χ2v) is 8.26. The molecule has 1 aromatic carbocycles. The Morgan fingerprint density at radius 2 is 2.04 bits per heavy atom. The molecule has 5 nitrogen and oxygen atoms in total. The summed E-state index contributed by atoms with van der Waals surface area (Å²) in [6.07, 6.45) is 7.67. The van der Waals surface area contributed by atoms with E-state index in [1.54, 1.807) is 6.92 Å². The highest BCUT2D eigenvalue weighted by Gasteiger charge is 2.42. The molecular weight excluding hydrogens is 350 g/mol. The van der Waals surface area contributed by atoms with Gasteiger partial charge in [0.1, 0.15) is 11.4 Å². The zero-order valence-corrected chi connectivity index (χ0v) is 16.8. The first-order valence-electron chi connectivity index (χ1n) is 10.2. The van der Waals surface area contributed by atoms with Crippen molar-refractivity contribution in [3.05, 3.63) is 59.9 Å². The zero-order chi connectivity index (χ0) is 19.6. The summed E-state index contributed by atoms with van der Waals surface area (Å²) in [6, 6.07) is 12.8. The Hall–Kier alpha value is -2.40. The Bertz CT molecular complexity index is 816. The molecule has 148 valence electrons. The molecule has 1 fully saturated rings. The smallest absolute Gasteiger partial charge is 0.219 e. The molecule has 1 amide bonds. The zero-order valence-electron chi connectivity index (χ0n) is 16.8. The molecule has 1 aliphatic heterocycles. The van der Waals surface area contributed by atoms with E-state index in [2.05, 4.69) is 40.2 Å². The van der Waals surface area contributed by atoms with E-state index in [4.69, 9.17) is 4.74 Å². The first-order valence-corrected chi connectivity index (χ1v) is 10.2. The van der Waals surface area contributed by atoms with Gasteiger partial charge in [0.25, 0.3) is 0 Å². The van der Waals surface area contributed by atoms with Crippen LogP contribution in [0.3, 0.4) is 0 Å². The third-order valence-electron chi connectivity index (χ3n) is 6.24.